The van der Waals surface area contributed by atoms with Crippen molar-refractivity contribution < 1.29 is 0 Å². The molecule has 0 aromatic carbocycles. The largest absolute Gasteiger partial charge is 0.0654 e. The maximum atomic E-state index is 2.36. The molecule has 1 unspecified atom stereocenters. The Balaban J connectivity index is 3.92. The highest BCUT2D eigenvalue weighted by Gasteiger charge is 2.14. The van der Waals surface area contributed by atoms with E-state index in [-0.39, 0.29) is 0 Å². The van der Waals surface area contributed by atoms with Gasteiger partial charge in [-0.1, -0.05) is 105 Å². The lowest BCUT2D eigenvalue weighted by atomic mass is 9.83. The summed E-state index contributed by atoms with van der Waals surface area (Å²) in [5, 5.41) is 0. The van der Waals surface area contributed by atoms with Crippen molar-refractivity contribution in [2.24, 2.45) is 11.8 Å². The van der Waals surface area contributed by atoms with Gasteiger partial charge in [0.2, 0.25) is 0 Å². The monoisotopic (exact) mass is 268 g/mol. The quantitative estimate of drug-likeness (QED) is 0.288. The Morgan fingerprint density at radius 3 is 1.42 bits per heavy atom. The summed E-state index contributed by atoms with van der Waals surface area (Å²) in [7, 11) is 0. The number of unbranched alkanes of at least 4 members (excludes halogenated alkanes) is 4. The summed E-state index contributed by atoms with van der Waals surface area (Å²) >= 11 is 0. The molecule has 0 nitrogen and oxygen atoms in total. The third kappa shape index (κ3) is 11.5. The summed E-state index contributed by atoms with van der Waals surface area (Å²) in [6, 6.07) is 0. The van der Waals surface area contributed by atoms with E-state index in [1.54, 1.807) is 0 Å². The summed E-state index contributed by atoms with van der Waals surface area (Å²) in [5.74, 6) is 2.04. The van der Waals surface area contributed by atoms with Crippen LogP contribution in [0.25, 0.3) is 0 Å². The second-order valence-electron chi connectivity index (χ2n) is 6.54. The van der Waals surface area contributed by atoms with E-state index in [1.165, 1.54) is 83.5 Å². The van der Waals surface area contributed by atoms with Gasteiger partial charge in [-0.25, -0.2) is 0 Å². The summed E-state index contributed by atoms with van der Waals surface area (Å²) < 4.78 is 0. The van der Waals surface area contributed by atoms with Crippen LogP contribution < -0.4 is 0 Å². The Kier molecular flexibility index (Phi) is 14.4. The van der Waals surface area contributed by atoms with Crippen molar-refractivity contribution in [1.29, 1.82) is 0 Å². The highest BCUT2D eigenvalue weighted by molar-refractivity contribution is 4.67. The van der Waals surface area contributed by atoms with E-state index in [0.717, 1.165) is 11.8 Å². The van der Waals surface area contributed by atoms with Gasteiger partial charge < -0.3 is 0 Å². The van der Waals surface area contributed by atoms with Gasteiger partial charge in [-0.2, -0.15) is 0 Å². The first kappa shape index (κ1) is 19.0. The minimum atomic E-state index is 1.02. The molecule has 0 bridgehead atoms. The first-order chi connectivity index (χ1) is 9.28. The zero-order chi connectivity index (χ0) is 14.3. The molecule has 19 heavy (non-hydrogen) atoms. The van der Waals surface area contributed by atoms with Gasteiger partial charge in [0, 0.05) is 0 Å². The average molecular weight is 269 g/mol. The standard InChI is InChI=1S/C19H40/c1-5-9-10-11-12-16-19(15-8-4)17-18(13-6-2)14-7-3/h18-19H,5-17H2,1-4H3. The number of hydrogen-bond acceptors (Lipinski definition) is 0. The molecular weight excluding hydrogens is 228 g/mol. The van der Waals surface area contributed by atoms with Crippen LogP contribution in [0.15, 0.2) is 0 Å². The molecule has 0 rings (SSSR count). The van der Waals surface area contributed by atoms with Crippen molar-refractivity contribution in [3.63, 3.8) is 0 Å². The van der Waals surface area contributed by atoms with Crippen molar-refractivity contribution in [3.05, 3.63) is 0 Å². The first-order valence-corrected chi connectivity index (χ1v) is 9.28. The van der Waals surface area contributed by atoms with E-state index in [4.69, 9.17) is 0 Å². The van der Waals surface area contributed by atoms with Crippen LogP contribution in [-0.4, -0.2) is 0 Å². The Morgan fingerprint density at radius 1 is 0.474 bits per heavy atom. The molecule has 0 spiro atoms. The average Bonchev–Trinajstić information content (AvgIpc) is 2.39. The SMILES string of the molecule is CCCCCCCC(CCC)CC(CCC)CCC. The zero-order valence-electron chi connectivity index (χ0n) is 14.3. The fourth-order valence-electron chi connectivity index (χ4n) is 3.49. The first-order valence-electron chi connectivity index (χ1n) is 9.28. The molecule has 116 valence electrons. The van der Waals surface area contributed by atoms with Crippen LogP contribution in [0.1, 0.15) is 111 Å². The second-order valence-corrected chi connectivity index (χ2v) is 6.54. The van der Waals surface area contributed by atoms with Gasteiger partial charge in [0.15, 0.2) is 0 Å². The molecular formula is C19H40. The van der Waals surface area contributed by atoms with Crippen LogP contribution >= 0.6 is 0 Å². The molecule has 0 heteroatoms. The van der Waals surface area contributed by atoms with Gasteiger partial charge in [-0.15, -0.1) is 0 Å². The van der Waals surface area contributed by atoms with Crippen molar-refractivity contribution >= 4 is 0 Å². The van der Waals surface area contributed by atoms with Crippen molar-refractivity contribution in [3.8, 4) is 0 Å². The molecule has 0 aliphatic heterocycles. The molecule has 0 aromatic heterocycles. The molecule has 0 amide bonds. The molecule has 0 saturated heterocycles. The van der Waals surface area contributed by atoms with Gasteiger partial charge in [0.1, 0.15) is 0 Å². The molecule has 0 saturated carbocycles. The van der Waals surface area contributed by atoms with Crippen LogP contribution in [0, 0.1) is 11.8 Å². The second kappa shape index (κ2) is 14.4. The van der Waals surface area contributed by atoms with Gasteiger partial charge in [-0.05, 0) is 18.3 Å². The Morgan fingerprint density at radius 2 is 0.947 bits per heavy atom. The number of rotatable bonds is 14. The molecule has 0 aliphatic rings. The predicted octanol–water partition coefficient (Wildman–Crippen LogP) is 7.37. The Bertz CT molecular complexity index is 155. The fraction of sp³-hybridized carbons (Fsp3) is 1.00. The summed E-state index contributed by atoms with van der Waals surface area (Å²) in [4.78, 5) is 0. The van der Waals surface area contributed by atoms with Crippen LogP contribution in [-0.2, 0) is 0 Å². The van der Waals surface area contributed by atoms with Crippen LogP contribution in [0.2, 0.25) is 0 Å². The maximum Gasteiger partial charge on any atom is -0.0412 e. The Hall–Kier alpha value is 0. The van der Waals surface area contributed by atoms with Crippen molar-refractivity contribution in [1.82, 2.24) is 0 Å². The lowest BCUT2D eigenvalue weighted by molar-refractivity contribution is 0.296. The van der Waals surface area contributed by atoms with Gasteiger partial charge >= 0.3 is 0 Å². The Labute approximate surface area is 123 Å². The number of hydrogen-bond donors (Lipinski definition) is 0. The lowest BCUT2D eigenvalue weighted by Gasteiger charge is -2.23. The predicted molar refractivity (Wildman–Crippen MR) is 89.7 cm³/mol. The van der Waals surface area contributed by atoms with E-state index < -0.39 is 0 Å². The molecule has 0 fully saturated rings. The topological polar surface area (TPSA) is 0 Å². The van der Waals surface area contributed by atoms with Gasteiger partial charge in [0.25, 0.3) is 0 Å². The highest BCUT2D eigenvalue weighted by atomic mass is 14.2. The van der Waals surface area contributed by atoms with Crippen LogP contribution in [0.4, 0.5) is 0 Å². The minimum Gasteiger partial charge on any atom is -0.0654 e. The summed E-state index contributed by atoms with van der Waals surface area (Å²) in [5.41, 5.74) is 0. The van der Waals surface area contributed by atoms with E-state index >= 15 is 0 Å². The normalized spacial score (nSPS) is 13.1. The van der Waals surface area contributed by atoms with E-state index in [2.05, 4.69) is 27.7 Å². The third-order valence-corrected chi connectivity index (χ3v) is 4.47. The van der Waals surface area contributed by atoms with Crippen LogP contribution in [0.5, 0.6) is 0 Å². The molecule has 0 aromatic rings. The van der Waals surface area contributed by atoms with E-state index in [9.17, 15) is 0 Å². The fourth-order valence-corrected chi connectivity index (χ4v) is 3.49. The van der Waals surface area contributed by atoms with Gasteiger partial charge in [0.05, 0.1) is 0 Å². The molecule has 0 radical (unpaired) electrons. The van der Waals surface area contributed by atoms with Crippen LogP contribution in [0.3, 0.4) is 0 Å². The van der Waals surface area contributed by atoms with Crippen molar-refractivity contribution in [2.75, 3.05) is 0 Å². The molecule has 1 atom stereocenters. The molecule has 0 heterocycles. The maximum absolute atomic E-state index is 2.36. The molecule has 0 N–H and O–H groups in total. The summed E-state index contributed by atoms with van der Waals surface area (Å²) in [6.07, 6.45) is 18.8. The van der Waals surface area contributed by atoms with E-state index in [1.807, 2.05) is 0 Å². The smallest absolute Gasteiger partial charge is 0.0412 e. The summed E-state index contributed by atoms with van der Waals surface area (Å²) in [6.45, 7) is 9.36. The third-order valence-electron chi connectivity index (χ3n) is 4.47. The molecule has 0 aliphatic carbocycles. The van der Waals surface area contributed by atoms with E-state index in [0.29, 0.717) is 0 Å². The zero-order valence-corrected chi connectivity index (χ0v) is 14.3. The van der Waals surface area contributed by atoms with Gasteiger partial charge in [-0.3, -0.25) is 0 Å². The van der Waals surface area contributed by atoms with Crippen molar-refractivity contribution in [2.45, 2.75) is 111 Å². The highest BCUT2D eigenvalue weighted by Crippen LogP contribution is 2.28. The minimum absolute atomic E-state index is 1.02. The lowest BCUT2D eigenvalue weighted by Crippen LogP contribution is -2.09.